The Kier molecular flexibility index (Phi) is 6.55. The van der Waals surface area contributed by atoms with Crippen LogP contribution in [0.2, 0.25) is 0 Å². The lowest BCUT2D eigenvalue weighted by Crippen LogP contribution is -2.27. The van der Waals surface area contributed by atoms with Gasteiger partial charge in [0.15, 0.2) is 0 Å². The van der Waals surface area contributed by atoms with Gasteiger partial charge in [0.25, 0.3) is 5.91 Å². The van der Waals surface area contributed by atoms with Crippen LogP contribution in [0, 0.1) is 0 Å². The number of hydrogen-bond acceptors (Lipinski definition) is 4. The van der Waals surface area contributed by atoms with Crippen molar-refractivity contribution in [2.75, 3.05) is 10.6 Å². The van der Waals surface area contributed by atoms with Crippen LogP contribution in [-0.4, -0.2) is 28.7 Å². The zero-order valence-electron chi connectivity index (χ0n) is 15.9. The fourth-order valence-electron chi connectivity index (χ4n) is 2.22. The molecule has 0 unspecified atom stereocenters. The number of nitrogens with one attached hydrogen (secondary N) is 2. The number of anilines is 2. The van der Waals surface area contributed by atoms with Crippen LogP contribution in [0.3, 0.4) is 0 Å². The van der Waals surface area contributed by atoms with Gasteiger partial charge in [0.1, 0.15) is 5.60 Å². The number of amides is 2. The van der Waals surface area contributed by atoms with E-state index in [0.717, 1.165) is 6.08 Å². The number of carboxylic acids is 1. The molecule has 28 heavy (non-hydrogen) atoms. The maximum absolute atomic E-state index is 12.5. The first-order chi connectivity index (χ1) is 13.1. The highest BCUT2D eigenvalue weighted by Gasteiger charge is 2.17. The zero-order valence-corrected chi connectivity index (χ0v) is 15.9. The Morgan fingerprint density at radius 2 is 1.50 bits per heavy atom. The van der Waals surface area contributed by atoms with Gasteiger partial charge in [-0.1, -0.05) is 24.3 Å². The summed E-state index contributed by atoms with van der Waals surface area (Å²) in [4.78, 5) is 35.0. The second-order valence-corrected chi connectivity index (χ2v) is 6.92. The summed E-state index contributed by atoms with van der Waals surface area (Å²) in [6, 6.07) is 13.2. The first kappa shape index (κ1) is 20.7. The minimum Gasteiger partial charge on any atom is -0.478 e. The van der Waals surface area contributed by atoms with Gasteiger partial charge in [-0.3, -0.25) is 10.1 Å². The molecule has 0 heterocycles. The number of ether oxygens (including phenoxy) is 1. The van der Waals surface area contributed by atoms with Crippen molar-refractivity contribution in [3.05, 3.63) is 65.7 Å². The standard InChI is InChI=1S/C21H22N2O5/c1-21(2,3)28-20(27)23-17-7-5-4-6-16(17)22-19(26)15-11-8-14(9-12-15)10-13-18(24)25/h4-13H,1-3H3,(H,22,26)(H,23,27)(H,24,25). The van der Waals surface area contributed by atoms with Gasteiger partial charge in [0, 0.05) is 11.6 Å². The second kappa shape index (κ2) is 8.85. The normalized spacial score (nSPS) is 11.1. The Labute approximate surface area is 163 Å². The Morgan fingerprint density at radius 1 is 0.929 bits per heavy atom. The van der Waals surface area contributed by atoms with E-state index < -0.39 is 17.7 Å². The first-order valence-corrected chi connectivity index (χ1v) is 8.55. The van der Waals surface area contributed by atoms with Crippen LogP contribution in [0.5, 0.6) is 0 Å². The van der Waals surface area contributed by atoms with Crippen LogP contribution in [0.4, 0.5) is 16.2 Å². The third kappa shape index (κ3) is 6.60. The van der Waals surface area contributed by atoms with Gasteiger partial charge in [0.05, 0.1) is 11.4 Å². The molecular weight excluding hydrogens is 360 g/mol. The molecule has 0 saturated heterocycles. The monoisotopic (exact) mass is 382 g/mol. The summed E-state index contributed by atoms with van der Waals surface area (Å²) in [5, 5.41) is 14.0. The van der Waals surface area contributed by atoms with Gasteiger partial charge >= 0.3 is 12.1 Å². The molecule has 0 aliphatic rings. The van der Waals surface area contributed by atoms with Crippen LogP contribution in [0.25, 0.3) is 6.08 Å². The maximum atomic E-state index is 12.5. The van der Waals surface area contributed by atoms with Crippen molar-refractivity contribution in [3.8, 4) is 0 Å². The molecule has 0 radical (unpaired) electrons. The molecule has 0 saturated carbocycles. The smallest absolute Gasteiger partial charge is 0.412 e. The van der Waals surface area contributed by atoms with E-state index >= 15 is 0 Å². The van der Waals surface area contributed by atoms with E-state index in [4.69, 9.17) is 9.84 Å². The van der Waals surface area contributed by atoms with Crippen LogP contribution >= 0.6 is 0 Å². The highest BCUT2D eigenvalue weighted by atomic mass is 16.6. The summed E-state index contributed by atoms with van der Waals surface area (Å²) in [6.07, 6.45) is 1.83. The van der Waals surface area contributed by atoms with Crippen LogP contribution in [0.15, 0.2) is 54.6 Å². The lowest BCUT2D eigenvalue weighted by molar-refractivity contribution is -0.131. The molecule has 0 aliphatic heterocycles. The lowest BCUT2D eigenvalue weighted by atomic mass is 10.1. The summed E-state index contributed by atoms with van der Waals surface area (Å²) >= 11 is 0. The summed E-state index contributed by atoms with van der Waals surface area (Å²) in [5.41, 5.74) is 1.24. The SMILES string of the molecule is CC(C)(C)OC(=O)Nc1ccccc1NC(=O)c1ccc(C=CC(=O)O)cc1. The molecule has 146 valence electrons. The van der Waals surface area contributed by atoms with Crippen LogP contribution < -0.4 is 10.6 Å². The Balaban J connectivity index is 2.10. The maximum Gasteiger partial charge on any atom is 0.412 e. The van der Waals surface area contributed by atoms with Crippen molar-refractivity contribution >= 4 is 35.4 Å². The van der Waals surface area contributed by atoms with E-state index in [2.05, 4.69) is 10.6 Å². The predicted molar refractivity (Wildman–Crippen MR) is 107 cm³/mol. The Hall–Kier alpha value is -3.61. The van der Waals surface area contributed by atoms with E-state index in [0.29, 0.717) is 22.5 Å². The average molecular weight is 382 g/mol. The van der Waals surface area contributed by atoms with E-state index in [1.807, 2.05) is 0 Å². The van der Waals surface area contributed by atoms with E-state index in [1.165, 1.54) is 6.08 Å². The third-order valence-electron chi connectivity index (χ3n) is 3.40. The number of hydrogen-bond donors (Lipinski definition) is 3. The molecule has 0 spiro atoms. The predicted octanol–water partition coefficient (Wildman–Crippen LogP) is 4.38. The topological polar surface area (TPSA) is 105 Å². The minimum absolute atomic E-state index is 0.368. The van der Waals surface area contributed by atoms with Crippen molar-refractivity contribution in [1.29, 1.82) is 0 Å². The molecule has 2 amide bonds. The molecule has 7 heteroatoms. The zero-order chi connectivity index (χ0) is 20.7. The van der Waals surface area contributed by atoms with Crippen molar-refractivity contribution in [1.82, 2.24) is 0 Å². The summed E-state index contributed by atoms with van der Waals surface area (Å²) < 4.78 is 5.23. The quantitative estimate of drug-likeness (QED) is 0.666. The summed E-state index contributed by atoms with van der Waals surface area (Å²) in [7, 11) is 0. The van der Waals surface area contributed by atoms with Gasteiger partial charge in [0.2, 0.25) is 0 Å². The number of carbonyl (C=O) groups excluding carboxylic acids is 2. The van der Waals surface area contributed by atoms with Gasteiger partial charge in [-0.25, -0.2) is 9.59 Å². The molecule has 0 atom stereocenters. The molecule has 0 aliphatic carbocycles. The minimum atomic E-state index is -1.05. The summed E-state index contributed by atoms with van der Waals surface area (Å²) in [5.74, 6) is -1.41. The molecule has 3 N–H and O–H groups in total. The number of benzene rings is 2. The van der Waals surface area contributed by atoms with Gasteiger partial charge < -0.3 is 15.2 Å². The van der Waals surface area contributed by atoms with Crippen molar-refractivity contribution < 1.29 is 24.2 Å². The van der Waals surface area contributed by atoms with Crippen LogP contribution in [0.1, 0.15) is 36.7 Å². The number of carboxylic acid groups (broad SMARTS) is 1. The number of para-hydroxylation sites is 2. The first-order valence-electron chi connectivity index (χ1n) is 8.55. The molecule has 0 aromatic heterocycles. The number of rotatable bonds is 5. The fraction of sp³-hybridized carbons (Fsp3) is 0.190. The number of carbonyl (C=O) groups is 3. The highest BCUT2D eigenvalue weighted by molar-refractivity contribution is 6.07. The molecule has 2 aromatic carbocycles. The van der Waals surface area contributed by atoms with E-state index in [9.17, 15) is 14.4 Å². The van der Waals surface area contributed by atoms with E-state index in [-0.39, 0.29) is 5.91 Å². The Morgan fingerprint density at radius 3 is 2.04 bits per heavy atom. The van der Waals surface area contributed by atoms with Gasteiger partial charge in [-0.05, 0) is 56.7 Å². The second-order valence-electron chi connectivity index (χ2n) is 6.92. The van der Waals surface area contributed by atoms with Crippen LogP contribution in [-0.2, 0) is 9.53 Å². The van der Waals surface area contributed by atoms with Crippen molar-refractivity contribution in [2.45, 2.75) is 26.4 Å². The molecule has 0 bridgehead atoms. The average Bonchev–Trinajstić information content (AvgIpc) is 2.60. The third-order valence-corrected chi connectivity index (χ3v) is 3.40. The van der Waals surface area contributed by atoms with Crippen molar-refractivity contribution in [3.63, 3.8) is 0 Å². The number of aliphatic carboxylic acids is 1. The molecular formula is C21H22N2O5. The largest absolute Gasteiger partial charge is 0.478 e. The van der Waals surface area contributed by atoms with Gasteiger partial charge in [-0.15, -0.1) is 0 Å². The highest BCUT2D eigenvalue weighted by Crippen LogP contribution is 2.23. The molecule has 7 nitrogen and oxygen atoms in total. The lowest BCUT2D eigenvalue weighted by Gasteiger charge is -2.20. The van der Waals surface area contributed by atoms with Gasteiger partial charge in [-0.2, -0.15) is 0 Å². The molecule has 2 rings (SSSR count). The Bertz CT molecular complexity index is 896. The van der Waals surface area contributed by atoms with Crippen molar-refractivity contribution in [2.24, 2.45) is 0 Å². The summed E-state index contributed by atoms with van der Waals surface area (Å²) in [6.45, 7) is 5.28. The van der Waals surface area contributed by atoms with E-state index in [1.54, 1.807) is 69.3 Å². The molecule has 2 aromatic rings. The molecule has 0 fully saturated rings. The fourth-order valence-corrected chi connectivity index (χ4v) is 2.22.